The summed E-state index contributed by atoms with van der Waals surface area (Å²) in [7, 11) is -3.60. The van der Waals surface area contributed by atoms with Crippen molar-refractivity contribution in [2.45, 2.75) is 30.7 Å². The van der Waals surface area contributed by atoms with E-state index in [0.717, 1.165) is 29.4 Å². The third-order valence-corrected chi connectivity index (χ3v) is 9.84. The fourth-order valence-electron chi connectivity index (χ4n) is 5.56. The van der Waals surface area contributed by atoms with Crippen molar-refractivity contribution in [3.63, 3.8) is 0 Å². The van der Waals surface area contributed by atoms with Gasteiger partial charge in [0.2, 0.25) is 10.0 Å². The lowest BCUT2D eigenvalue weighted by Gasteiger charge is -2.45. The second-order valence-corrected chi connectivity index (χ2v) is 12.1. The zero-order valence-electron chi connectivity index (χ0n) is 20.5. The van der Waals surface area contributed by atoms with Gasteiger partial charge in [0, 0.05) is 43.6 Å². The molecule has 5 rings (SSSR count). The van der Waals surface area contributed by atoms with Gasteiger partial charge in [0.05, 0.1) is 6.17 Å². The van der Waals surface area contributed by atoms with Crippen molar-refractivity contribution in [2.24, 2.45) is 0 Å². The molecule has 36 heavy (non-hydrogen) atoms. The van der Waals surface area contributed by atoms with E-state index in [1.54, 1.807) is 10.4 Å². The minimum absolute atomic E-state index is 0.153. The number of fused-ring (bicyclic) bond motifs is 1. The first kappa shape index (κ1) is 25.4. The summed E-state index contributed by atoms with van der Waals surface area (Å²) in [5, 5.41) is 1.82. The molecule has 3 aromatic rings. The number of benzene rings is 2. The second kappa shape index (κ2) is 11.0. The highest BCUT2D eigenvalue weighted by atomic mass is 35.5. The molecule has 0 N–H and O–H groups in total. The average Bonchev–Trinajstić information content (AvgIpc) is 2.91. The number of rotatable bonds is 7. The SMILES string of the molecule is C=CC(c1ccc2cc(Cl)ccc2c1)S(=O)(=O)N1CCN(C(c2ccncc2)N2CCCCC2)CC1. The van der Waals surface area contributed by atoms with Crippen molar-refractivity contribution in [2.75, 3.05) is 39.3 Å². The summed E-state index contributed by atoms with van der Waals surface area (Å²) in [5.41, 5.74) is 1.95. The Morgan fingerprint density at radius 2 is 1.44 bits per heavy atom. The highest BCUT2D eigenvalue weighted by molar-refractivity contribution is 7.89. The van der Waals surface area contributed by atoms with E-state index in [1.807, 2.05) is 48.8 Å². The number of aromatic nitrogens is 1. The summed E-state index contributed by atoms with van der Waals surface area (Å²) in [4.78, 5) is 9.17. The predicted molar refractivity (Wildman–Crippen MR) is 146 cm³/mol. The Hall–Kier alpha value is -2.29. The Balaban J connectivity index is 1.34. The van der Waals surface area contributed by atoms with Crippen LogP contribution < -0.4 is 0 Å². The van der Waals surface area contributed by atoms with Gasteiger partial charge >= 0.3 is 0 Å². The summed E-state index contributed by atoms with van der Waals surface area (Å²) in [6.45, 7) is 8.31. The van der Waals surface area contributed by atoms with E-state index in [4.69, 9.17) is 11.6 Å². The molecule has 2 unspecified atom stereocenters. The molecule has 0 spiro atoms. The lowest BCUT2D eigenvalue weighted by Crippen LogP contribution is -2.54. The second-order valence-electron chi connectivity index (χ2n) is 9.64. The molecule has 2 aliphatic rings. The molecule has 2 aromatic carbocycles. The molecule has 8 heteroatoms. The molecule has 0 bridgehead atoms. The summed E-state index contributed by atoms with van der Waals surface area (Å²) < 4.78 is 29.1. The fourth-order valence-corrected chi connectivity index (χ4v) is 7.46. The van der Waals surface area contributed by atoms with E-state index in [9.17, 15) is 8.42 Å². The summed E-state index contributed by atoms with van der Waals surface area (Å²) >= 11 is 6.12. The van der Waals surface area contributed by atoms with Crippen molar-refractivity contribution in [1.29, 1.82) is 0 Å². The lowest BCUT2D eigenvalue weighted by atomic mass is 10.0. The molecule has 2 aliphatic heterocycles. The molecule has 2 atom stereocenters. The molecule has 190 valence electrons. The highest BCUT2D eigenvalue weighted by Crippen LogP contribution is 2.33. The lowest BCUT2D eigenvalue weighted by molar-refractivity contribution is 0.00894. The van der Waals surface area contributed by atoms with Crippen LogP contribution in [-0.4, -0.2) is 66.8 Å². The van der Waals surface area contributed by atoms with Crippen LogP contribution in [0.1, 0.15) is 41.8 Å². The predicted octanol–water partition coefficient (Wildman–Crippen LogP) is 5.25. The Morgan fingerprint density at radius 3 is 2.14 bits per heavy atom. The summed E-state index contributed by atoms with van der Waals surface area (Å²) in [6.07, 6.45) is 9.07. The van der Waals surface area contributed by atoms with Crippen molar-refractivity contribution in [3.05, 3.63) is 89.7 Å². The topological polar surface area (TPSA) is 56.8 Å². The number of sulfonamides is 1. The van der Waals surface area contributed by atoms with Gasteiger partial charge in [0.25, 0.3) is 0 Å². The Morgan fingerprint density at radius 1 is 0.806 bits per heavy atom. The van der Waals surface area contributed by atoms with E-state index < -0.39 is 15.3 Å². The number of nitrogens with zero attached hydrogens (tertiary/aromatic N) is 4. The average molecular weight is 525 g/mol. The maximum Gasteiger partial charge on any atom is 0.224 e. The Kier molecular flexibility index (Phi) is 7.74. The molecule has 1 aromatic heterocycles. The molecule has 0 amide bonds. The Bertz CT molecular complexity index is 1300. The van der Waals surface area contributed by atoms with Crippen molar-refractivity contribution in [3.8, 4) is 0 Å². The molecule has 0 saturated carbocycles. The molecule has 2 fully saturated rings. The zero-order valence-corrected chi connectivity index (χ0v) is 22.0. The van der Waals surface area contributed by atoms with Crippen LogP contribution in [0.25, 0.3) is 10.8 Å². The molecule has 6 nitrogen and oxygen atoms in total. The number of hydrogen-bond acceptors (Lipinski definition) is 5. The molecular weight excluding hydrogens is 492 g/mol. The van der Waals surface area contributed by atoms with Crippen molar-refractivity contribution < 1.29 is 8.42 Å². The van der Waals surface area contributed by atoms with Crippen LogP contribution in [-0.2, 0) is 10.0 Å². The van der Waals surface area contributed by atoms with Gasteiger partial charge in [-0.3, -0.25) is 14.8 Å². The van der Waals surface area contributed by atoms with Gasteiger partial charge in [-0.05, 0) is 78.2 Å². The van der Waals surface area contributed by atoms with Gasteiger partial charge in [-0.25, -0.2) is 8.42 Å². The normalized spacial score (nSPS) is 20.2. The number of piperidine rings is 1. The minimum atomic E-state index is -3.60. The van der Waals surface area contributed by atoms with E-state index in [2.05, 4.69) is 33.5 Å². The molecule has 3 heterocycles. The third-order valence-electron chi connectivity index (χ3n) is 7.41. The smallest absolute Gasteiger partial charge is 0.224 e. The Labute approximate surface area is 219 Å². The molecule has 0 aliphatic carbocycles. The van der Waals surface area contributed by atoms with Gasteiger partial charge in [0.15, 0.2) is 0 Å². The first-order valence-electron chi connectivity index (χ1n) is 12.7. The van der Waals surface area contributed by atoms with Crippen molar-refractivity contribution in [1.82, 2.24) is 19.1 Å². The first-order valence-corrected chi connectivity index (χ1v) is 14.5. The summed E-state index contributed by atoms with van der Waals surface area (Å²) in [6, 6.07) is 15.5. The van der Waals surface area contributed by atoms with Crippen LogP contribution in [0.3, 0.4) is 0 Å². The standard InChI is InChI=1S/C28H33ClN4O2S/c1-2-27(25-7-6-24-21-26(29)9-8-23(24)20-25)36(34,35)33-18-16-32(17-19-33)28(22-10-12-30-13-11-22)31-14-4-3-5-15-31/h2,6-13,20-21,27-28H,1,3-5,14-19H2. The first-order chi connectivity index (χ1) is 17.5. The van der Waals surface area contributed by atoms with Gasteiger partial charge in [-0.1, -0.05) is 42.3 Å². The number of likely N-dealkylation sites (tertiary alicyclic amines) is 1. The molecule has 2 saturated heterocycles. The quantitative estimate of drug-likeness (QED) is 0.395. The number of piperazine rings is 1. The fraction of sp³-hybridized carbons (Fsp3) is 0.393. The zero-order chi connectivity index (χ0) is 25.1. The number of halogens is 1. The van der Waals surface area contributed by atoms with Crippen LogP contribution in [0.5, 0.6) is 0 Å². The van der Waals surface area contributed by atoms with Crippen molar-refractivity contribution >= 4 is 32.4 Å². The van der Waals surface area contributed by atoms with E-state index in [-0.39, 0.29) is 6.17 Å². The van der Waals surface area contributed by atoms with Crippen LogP contribution in [0.2, 0.25) is 5.02 Å². The summed E-state index contributed by atoms with van der Waals surface area (Å²) in [5.74, 6) is 0. The van der Waals surface area contributed by atoms with E-state index in [0.29, 0.717) is 31.2 Å². The van der Waals surface area contributed by atoms with Crippen LogP contribution in [0.4, 0.5) is 0 Å². The van der Waals surface area contributed by atoms with Gasteiger partial charge in [-0.2, -0.15) is 4.31 Å². The van der Waals surface area contributed by atoms with Gasteiger partial charge in [-0.15, -0.1) is 6.58 Å². The van der Waals surface area contributed by atoms with Crippen LogP contribution in [0.15, 0.2) is 73.6 Å². The molecular formula is C28H33ClN4O2S. The maximum absolute atomic E-state index is 13.8. The number of hydrogen-bond donors (Lipinski definition) is 0. The third kappa shape index (κ3) is 5.22. The van der Waals surface area contributed by atoms with Crippen LogP contribution in [0, 0.1) is 0 Å². The molecule has 0 radical (unpaired) electrons. The van der Waals surface area contributed by atoms with Crippen LogP contribution >= 0.6 is 11.6 Å². The highest BCUT2D eigenvalue weighted by Gasteiger charge is 2.37. The van der Waals surface area contributed by atoms with Gasteiger partial charge < -0.3 is 0 Å². The van der Waals surface area contributed by atoms with E-state index in [1.165, 1.54) is 24.8 Å². The minimum Gasteiger partial charge on any atom is -0.284 e. The monoisotopic (exact) mass is 524 g/mol. The number of pyridine rings is 1. The van der Waals surface area contributed by atoms with E-state index >= 15 is 0 Å². The van der Waals surface area contributed by atoms with Gasteiger partial charge in [0.1, 0.15) is 5.25 Å². The maximum atomic E-state index is 13.8. The largest absolute Gasteiger partial charge is 0.284 e.